The average molecular weight is 364 g/mol. The molecular formula is C15H10BrNO5. The lowest BCUT2D eigenvalue weighted by Gasteiger charge is -2.09. The highest BCUT2D eigenvalue weighted by atomic mass is 79.9. The van der Waals surface area contributed by atoms with Crippen molar-refractivity contribution in [2.45, 2.75) is 0 Å². The number of nitrogens with one attached hydrogen (secondary N) is 1. The van der Waals surface area contributed by atoms with E-state index in [1.165, 1.54) is 12.1 Å². The van der Waals surface area contributed by atoms with Gasteiger partial charge < -0.3 is 19.9 Å². The van der Waals surface area contributed by atoms with E-state index < -0.39 is 11.9 Å². The molecule has 0 spiro atoms. The minimum absolute atomic E-state index is 0.00321. The number of benzene rings is 2. The largest absolute Gasteiger partial charge is 0.478 e. The summed E-state index contributed by atoms with van der Waals surface area (Å²) < 4.78 is 11.0. The van der Waals surface area contributed by atoms with Gasteiger partial charge in [0.25, 0.3) is 5.91 Å². The zero-order chi connectivity index (χ0) is 15.7. The summed E-state index contributed by atoms with van der Waals surface area (Å²) in [5.41, 5.74) is 0.574. The van der Waals surface area contributed by atoms with E-state index in [1.54, 1.807) is 24.3 Å². The zero-order valence-corrected chi connectivity index (χ0v) is 12.7. The Morgan fingerprint density at radius 3 is 2.64 bits per heavy atom. The number of halogens is 1. The lowest BCUT2D eigenvalue weighted by molar-refractivity contribution is 0.0698. The molecule has 0 saturated heterocycles. The van der Waals surface area contributed by atoms with E-state index in [-0.39, 0.29) is 18.0 Å². The van der Waals surface area contributed by atoms with Crippen molar-refractivity contribution < 1.29 is 24.2 Å². The summed E-state index contributed by atoms with van der Waals surface area (Å²) in [6.45, 7) is 0.121. The molecule has 3 rings (SSSR count). The molecule has 1 aliphatic heterocycles. The highest BCUT2D eigenvalue weighted by Crippen LogP contribution is 2.32. The first-order valence-corrected chi connectivity index (χ1v) is 7.08. The number of amides is 1. The Morgan fingerprint density at radius 1 is 1.09 bits per heavy atom. The maximum absolute atomic E-state index is 12.3. The zero-order valence-electron chi connectivity index (χ0n) is 11.1. The second kappa shape index (κ2) is 5.69. The highest BCUT2D eigenvalue weighted by molar-refractivity contribution is 9.10. The number of hydrogen-bond donors (Lipinski definition) is 2. The SMILES string of the molecule is O=C(Nc1ccc(Br)cc1C(=O)O)c1ccc2c(c1)OCO2. The van der Waals surface area contributed by atoms with Crippen LogP contribution < -0.4 is 14.8 Å². The first-order chi connectivity index (χ1) is 10.5. The van der Waals surface area contributed by atoms with Crippen molar-refractivity contribution in [3.8, 4) is 11.5 Å². The van der Waals surface area contributed by atoms with Gasteiger partial charge in [-0.05, 0) is 36.4 Å². The second-order valence-corrected chi connectivity index (χ2v) is 5.43. The summed E-state index contributed by atoms with van der Waals surface area (Å²) in [6, 6.07) is 9.38. The third-order valence-electron chi connectivity index (χ3n) is 3.09. The topological polar surface area (TPSA) is 84.9 Å². The Balaban J connectivity index is 1.87. The minimum atomic E-state index is -1.12. The molecule has 0 aromatic heterocycles. The van der Waals surface area contributed by atoms with E-state index >= 15 is 0 Å². The number of carboxylic acid groups (broad SMARTS) is 1. The van der Waals surface area contributed by atoms with Gasteiger partial charge in [0.15, 0.2) is 11.5 Å². The van der Waals surface area contributed by atoms with Crippen molar-refractivity contribution in [2.75, 3.05) is 12.1 Å². The van der Waals surface area contributed by atoms with Gasteiger partial charge in [0.1, 0.15) is 0 Å². The van der Waals surface area contributed by atoms with Crippen LogP contribution in [0.15, 0.2) is 40.9 Å². The molecule has 0 saturated carbocycles. The third kappa shape index (κ3) is 2.75. The normalized spacial score (nSPS) is 12.0. The van der Waals surface area contributed by atoms with Gasteiger partial charge in [-0.3, -0.25) is 4.79 Å². The van der Waals surface area contributed by atoms with Crippen molar-refractivity contribution in [3.63, 3.8) is 0 Å². The van der Waals surface area contributed by atoms with Gasteiger partial charge in [0, 0.05) is 10.0 Å². The first kappa shape index (κ1) is 14.4. The van der Waals surface area contributed by atoms with Gasteiger partial charge in [-0.2, -0.15) is 0 Å². The van der Waals surface area contributed by atoms with Gasteiger partial charge in [-0.25, -0.2) is 4.79 Å². The number of rotatable bonds is 3. The molecule has 2 N–H and O–H groups in total. The molecule has 0 unspecified atom stereocenters. The van der Waals surface area contributed by atoms with E-state index in [1.807, 2.05) is 0 Å². The maximum Gasteiger partial charge on any atom is 0.337 e. The summed E-state index contributed by atoms with van der Waals surface area (Å²) in [5, 5.41) is 11.8. The van der Waals surface area contributed by atoms with Gasteiger partial charge in [0.05, 0.1) is 11.3 Å². The number of hydrogen-bond acceptors (Lipinski definition) is 4. The van der Waals surface area contributed by atoms with Crippen molar-refractivity contribution >= 4 is 33.5 Å². The molecule has 2 aromatic carbocycles. The van der Waals surface area contributed by atoms with Crippen LogP contribution in [0.4, 0.5) is 5.69 Å². The maximum atomic E-state index is 12.3. The Bertz CT molecular complexity index is 775. The van der Waals surface area contributed by atoms with Crippen LogP contribution in [-0.2, 0) is 0 Å². The van der Waals surface area contributed by atoms with Crippen LogP contribution in [0.5, 0.6) is 11.5 Å². The number of carboxylic acids is 1. The molecule has 0 fully saturated rings. The van der Waals surface area contributed by atoms with Crippen LogP contribution in [0.1, 0.15) is 20.7 Å². The lowest BCUT2D eigenvalue weighted by Crippen LogP contribution is -2.14. The third-order valence-corrected chi connectivity index (χ3v) is 3.59. The van der Waals surface area contributed by atoms with E-state index in [4.69, 9.17) is 9.47 Å². The van der Waals surface area contributed by atoms with Crippen LogP contribution in [0.2, 0.25) is 0 Å². The van der Waals surface area contributed by atoms with Crippen LogP contribution in [-0.4, -0.2) is 23.8 Å². The molecule has 1 amide bonds. The minimum Gasteiger partial charge on any atom is -0.478 e. The van der Waals surface area contributed by atoms with Crippen molar-refractivity contribution in [1.82, 2.24) is 0 Å². The Labute approximate surface area is 133 Å². The van der Waals surface area contributed by atoms with Crippen LogP contribution in [0, 0.1) is 0 Å². The van der Waals surface area contributed by atoms with E-state index in [0.717, 1.165) is 0 Å². The van der Waals surface area contributed by atoms with Crippen LogP contribution in [0.25, 0.3) is 0 Å². The smallest absolute Gasteiger partial charge is 0.337 e. The number of anilines is 1. The molecule has 1 heterocycles. The molecule has 1 aliphatic rings. The lowest BCUT2D eigenvalue weighted by atomic mass is 10.1. The molecule has 0 atom stereocenters. The summed E-state index contributed by atoms with van der Waals surface area (Å²) in [7, 11) is 0. The van der Waals surface area contributed by atoms with Crippen molar-refractivity contribution in [1.29, 1.82) is 0 Å². The Hall–Kier alpha value is -2.54. The molecule has 7 heteroatoms. The summed E-state index contributed by atoms with van der Waals surface area (Å²) in [5.74, 6) is -0.487. The predicted octanol–water partition coefficient (Wildman–Crippen LogP) is 3.13. The number of aromatic carboxylic acids is 1. The van der Waals surface area contributed by atoms with Gasteiger partial charge >= 0.3 is 5.97 Å². The standard InChI is InChI=1S/C15H10BrNO5/c16-9-2-3-11(10(6-9)15(19)20)17-14(18)8-1-4-12-13(5-8)22-7-21-12/h1-6H,7H2,(H,17,18)(H,19,20). The summed E-state index contributed by atoms with van der Waals surface area (Å²) in [6.07, 6.45) is 0. The quantitative estimate of drug-likeness (QED) is 0.874. The fourth-order valence-corrected chi connectivity index (χ4v) is 2.40. The highest BCUT2D eigenvalue weighted by Gasteiger charge is 2.18. The number of carbonyl (C=O) groups is 2. The van der Waals surface area contributed by atoms with Crippen molar-refractivity contribution in [3.05, 3.63) is 52.0 Å². The monoisotopic (exact) mass is 363 g/mol. The Morgan fingerprint density at radius 2 is 1.86 bits per heavy atom. The molecule has 6 nitrogen and oxygen atoms in total. The van der Waals surface area contributed by atoms with E-state index in [2.05, 4.69) is 21.2 Å². The molecule has 0 aliphatic carbocycles. The Kier molecular flexibility index (Phi) is 3.72. The first-order valence-electron chi connectivity index (χ1n) is 6.28. The van der Waals surface area contributed by atoms with Crippen LogP contribution >= 0.6 is 15.9 Å². The number of carbonyl (C=O) groups excluding carboxylic acids is 1. The van der Waals surface area contributed by atoms with E-state index in [9.17, 15) is 14.7 Å². The molecule has 0 radical (unpaired) electrons. The van der Waals surface area contributed by atoms with Crippen molar-refractivity contribution in [2.24, 2.45) is 0 Å². The summed E-state index contributed by atoms with van der Waals surface area (Å²) >= 11 is 3.20. The molecule has 22 heavy (non-hydrogen) atoms. The van der Waals surface area contributed by atoms with Gasteiger partial charge in [-0.15, -0.1) is 0 Å². The molecule has 0 bridgehead atoms. The fraction of sp³-hybridized carbons (Fsp3) is 0.0667. The second-order valence-electron chi connectivity index (χ2n) is 4.52. The predicted molar refractivity (Wildman–Crippen MR) is 81.6 cm³/mol. The van der Waals surface area contributed by atoms with Gasteiger partial charge in [0.2, 0.25) is 6.79 Å². The number of fused-ring (bicyclic) bond motifs is 1. The molecular weight excluding hydrogens is 354 g/mol. The van der Waals surface area contributed by atoms with E-state index in [0.29, 0.717) is 21.5 Å². The average Bonchev–Trinajstić information content (AvgIpc) is 2.96. The van der Waals surface area contributed by atoms with Crippen LogP contribution in [0.3, 0.4) is 0 Å². The number of ether oxygens (including phenoxy) is 2. The molecule has 112 valence electrons. The summed E-state index contributed by atoms with van der Waals surface area (Å²) in [4.78, 5) is 23.5. The molecule has 2 aromatic rings. The van der Waals surface area contributed by atoms with Gasteiger partial charge in [-0.1, -0.05) is 15.9 Å². The fourth-order valence-electron chi connectivity index (χ4n) is 2.03.